The van der Waals surface area contributed by atoms with Crippen molar-refractivity contribution in [1.82, 2.24) is 10.2 Å². The SMILES string of the molecule is Cc1cc([N+](=O)[O-])ccc1NC(=O)NCN1C(=O)c2ccccc2C1=O. The van der Waals surface area contributed by atoms with Crippen LogP contribution in [0.4, 0.5) is 16.2 Å². The van der Waals surface area contributed by atoms with E-state index in [0.29, 0.717) is 22.4 Å². The van der Waals surface area contributed by atoms with Crippen molar-refractivity contribution in [3.63, 3.8) is 0 Å². The second kappa shape index (κ2) is 6.63. The van der Waals surface area contributed by atoms with E-state index in [1.807, 2.05) is 0 Å². The number of non-ortho nitro benzene ring substituents is 1. The van der Waals surface area contributed by atoms with Gasteiger partial charge in [-0.15, -0.1) is 0 Å². The molecule has 1 aliphatic heterocycles. The molecule has 132 valence electrons. The summed E-state index contributed by atoms with van der Waals surface area (Å²) in [6.45, 7) is 1.33. The normalized spacial score (nSPS) is 12.7. The maximum absolute atomic E-state index is 12.2. The van der Waals surface area contributed by atoms with Crippen LogP contribution in [0.2, 0.25) is 0 Å². The molecule has 0 bridgehead atoms. The number of carbonyl (C=O) groups is 3. The number of fused-ring (bicyclic) bond motifs is 1. The highest BCUT2D eigenvalue weighted by Crippen LogP contribution is 2.22. The molecule has 4 amide bonds. The highest BCUT2D eigenvalue weighted by atomic mass is 16.6. The van der Waals surface area contributed by atoms with Crippen molar-refractivity contribution in [3.8, 4) is 0 Å². The molecule has 9 heteroatoms. The minimum atomic E-state index is -0.640. The number of anilines is 1. The topological polar surface area (TPSA) is 122 Å². The van der Waals surface area contributed by atoms with Gasteiger partial charge in [0.15, 0.2) is 0 Å². The Bertz CT molecular complexity index is 906. The summed E-state index contributed by atoms with van der Waals surface area (Å²) >= 11 is 0. The van der Waals surface area contributed by atoms with Gasteiger partial charge in [-0.1, -0.05) is 12.1 Å². The van der Waals surface area contributed by atoms with Crippen LogP contribution in [0.15, 0.2) is 42.5 Å². The Balaban J connectivity index is 1.63. The van der Waals surface area contributed by atoms with E-state index in [4.69, 9.17) is 0 Å². The number of nitro benzene ring substituents is 1. The first-order chi connectivity index (χ1) is 12.4. The van der Waals surface area contributed by atoms with Crippen molar-refractivity contribution in [2.75, 3.05) is 12.0 Å². The minimum Gasteiger partial charge on any atom is -0.320 e. The molecule has 26 heavy (non-hydrogen) atoms. The summed E-state index contributed by atoms with van der Waals surface area (Å²) in [5.41, 5.74) is 1.40. The Morgan fingerprint density at radius 2 is 1.73 bits per heavy atom. The van der Waals surface area contributed by atoms with E-state index in [2.05, 4.69) is 10.6 Å². The average molecular weight is 354 g/mol. The van der Waals surface area contributed by atoms with Gasteiger partial charge in [-0.2, -0.15) is 0 Å². The molecular formula is C17H14N4O5. The van der Waals surface area contributed by atoms with Gasteiger partial charge in [0.2, 0.25) is 0 Å². The fourth-order valence-electron chi connectivity index (χ4n) is 2.60. The number of benzene rings is 2. The number of urea groups is 1. The third-order valence-electron chi connectivity index (χ3n) is 3.94. The zero-order valence-corrected chi connectivity index (χ0v) is 13.7. The Morgan fingerprint density at radius 3 is 2.27 bits per heavy atom. The molecule has 1 aliphatic rings. The molecule has 0 atom stereocenters. The molecule has 0 aliphatic carbocycles. The standard InChI is InChI=1S/C17H14N4O5/c1-10-8-11(21(25)26)6-7-14(10)19-17(24)18-9-20-15(22)12-4-2-3-5-13(12)16(20)23/h2-8H,9H2,1H3,(H2,18,19,24). The average Bonchev–Trinajstić information content (AvgIpc) is 2.86. The molecule has 9 nitrogen and oxygen atoms in total. The van der Waals surface area contributed by atoms with Crippen LogP contribution in [-0.4, -0.2) is 34.3 Å². The van der Waals surface area contributed by atoms with E-state index in [1.165, 1.54) is 18.2 Å². The predicted octanol–water partition coefficient (Wildman–Crippen LogP) is 2.28. The van der Waals surface area contributed by atoms with Gasteiger partial charge in [0.05, 0.1) is 16.1 Å². The second-order valence-corrected chi connectivity index (χ2v) is 5.63. The highest BCUT2D eigenvalue weighted by Gasteiger charge is 2.35. The molecule has 0 fully saturated rings. The molecule has 2 aromatic carbocycles. The molecule has 2 N–H and O–H groups in total. The van der Waals surface area contributed by atoms with E-state index in [1.54, 1.807) is 31.2 Å². The van der Waals surface area contributed by atoms with Gasteiger partial charge in [0.1, 0.15) is 6.67 Å². The summed E-state index contributed by atoms with van der Waals surface area (Å²) in [5, 5.41) is 15.7. The third-order valence-corrected chi connectivity index (χ3v) is 3.94. The molecule has 0 saturated carbocycles. The number of imide groups is 1. The lowest BCUT2D eigenvalue weighted by Crippen LogP contribution is -2.42. The Kier molecular flexibility index (Phi) is 4.36. The maximum Gasteiger partial charge on any atom is 0.320 e. The molecule has 0 aromatic heterocycles. The van der Waals surface area contributed by atoms with E-state index in [9.17, 15) is 24.5 Å². The molecule has 0 unspecified atom stereocenters. The van der Waals surface area contributed by atoms with Crippen molar-refractivity contribution >= 4 is 29.2 Å². The summed E-state index contributed by atoms with van der Waals surface area (Å²) in [4.78, 5) is 47.6. The molecule has 0 saturated heterocycles. The first kappa shape index (κ1) is 17.1. The van der Waals surface area contributed by atoms with E-state index < -0.39 is 22.8 Å². The van der Waals surface area contributed by atoms with Crippen LogP contribution in [0.5, 0.6) is 0 Å². The van der Waals surface area contributed by atoms with Crippen LogP contribution in [0.3, 0.4) is 0 Å². The fraction of sp³-hybridized carbons (Fsp3) is 0.118. The Labute approximate surface area is 147 Å². The summed E-state index contributed by atoms with van der Waals surface area (Å²) in [6, 6.07) is 9.79. The molecule has 1 heterocycles. The van der Waals surface area contributed by atoms with E-state index in [0.717, 1.165) is 4.90 Å². The number of hydrogen-bond donors (Lipinski definition) is 2. The molecule has 3 rings (SSSR count). The monoisotopic (exact) mass is 354 g/mol. The summed E-state index contributed by atoms with van der Waals surface area (Å²) in [5.74, 6) is -0.949. The van der Waals surface area contributed by atoms with Gasteiger partial charge in [-0.25, -0.2) is 4.79 Å². The first-order valence-electron chi connectivity index (χ1n) is 7.63. The fourth-order valence-corrected chi connectivity index (χ4v) is 2.60. The van der Waals surface area contributed by atoms with Gasteiger partial charge >= 0.3 is 6.03 Å². The third kappa shape index (κ3) is 3.09. The van der Waals surface area contributed by atoms with E-state index >= 15 is 0 Å². The van der Waals surface area contributed by atoms with Crippen molar-refractivity contribution in [1.29, 1.82) is 0 Å². The number of amides is 4. The van der Waals surface area contributed by atoms with Crippen LogP contribution >= 0.6 is 0 Å². The second-order valence-electron chi connectivity index (χ2n) is 5.63. The summed E-state index contributed by atoms with van der Waals surface area (Å²) in [7, 11) is 0. The van der Waals surface area contributed by atoms with Crippen LogP contribution in [0.1, 0.15) is 26.3 Å². The van der Waals surface area contributed by atoms with Crippen molar-refractivity contribution in [2.24, 2.45) is 0 Å². The van der Waals surface area contributed by atoms with Crippen LogP contribution in [0, 0.1) is 17.0 Å². The molecule has 2 aromatic rings. The van der Waals surface area contributed by atoms with Gasteiger partial charge in [-0.3, -0.25) is 24.6 Å². The first-order valence-corrected chi connectivity index (χ1v) is 7.63. The van der Waals surface area contributed by atoms with Gasteiger partial charge < -0.3 is 10.6 Å². The highest BCUT2D eigenvalue weighted by molar-refractivity contribution is 6.21. The van der Waals surface area contributed by atoms with E-state index in [-0.39, 0.29) is 12.4 Å². The van der Waals surface area contributed by atoms with Crippen molar-refractivity contribution in [3.05, 3.63) is 69.3 Å². The summed E-state index contributed by atoms with van der Waals surface area (Å²) in [6.07, 6.45) is 0. The van der Waals surface area contributed by atoms with Crippen LogP contribution in [0.25, 0.3) is 0 Å². The lowest BCUT2D eigenvalue weighted by Gasteiger charge is -2.15. The van der Waals surface area contributed by atoms with Gasteiger partial charge in [0, 0.05) is 17.8 Å². The smallest absolute Gasteiger partial charge is 0.320 e. The zero-order valence-electron chi connectivity index (χ0n) is 13.7. The number of nitrogens with one attached hydrogen (secondary N) is 2. The number of hydrogen-bond acceptors (Lipinski definition) is 5. The lowest BCUT2D eigenvalue weighted by atomic mass is 10.1. The molecule has 0 spiro atoms. The largest absolute Gasteiger partial charge is 0.320 e. The number of nitrogens with zero attached hydrogens (tertiary/aromatic N) is 2. The lowest BCUT2D eigenvalue weighted by molar-refractivity contribution is -0.384. The maximum atomic E-state index is 12.2. The zero-order chi connectivity index (χ0) is 18.8. The van der Waals surface area contributed by atoms with Crippen molar-refractivity contribution in [2.45, 2.75) is 6.92 Å². The Morgan fingerprint density at radius 1 is 1.12 bits per heavy atom. The van der Waals surface area contributed by atoms with Gasteiger partial charge in [-0.05, 0) is 30.7 Å². The van der Waals surface area contributed by atoms with Crippen LogP contribution < -0.4 is 10.6 Å². The number of nitro groups is 1. The summed E-state index contributed by atoms with van der Waals surface area (Å²) < 4.78 is 0. The number of rotatable bonds is 4. The molecule has 0 radical (unpaired) electrons. The van der Waals surface area contributed by atoms with Crippen LogP contribution in [-0.2, 0) is 0 Å². The number of aryl methyl sites for hydroxylation is 1. The predicted molar refractivity (Wildman–Crippen MR) is 91.8 cm³/mol. The van der Waals surface area contributed by atoms with Crippen molar-refractivity contribution < 1.29 is 19.3 Å². The number of carbonyl (C=O) groups excluding carboxylic acids is 3. The quantitative estimate of drug-likeness (QED) is 0.495. The van der Waals surface area contributed by atoms with Gasteiger partial charge in [0.25, 0.3) is 17.5 Å². The Hall–Kier alpha value is -3.75. The molecular weight excluding hydrogens is 340 g/mol. The minimum absolute atomic E-state index is 0.0838.